The summed E-state index contributed by atoms with van der Waals surface area (Å²) in [7, 11) is 0. The third-order valence-electron chi connectivity index (χ3n) is 5.98. The van der Waals surface area contributed by atoms with Crippen LogP contribution in [0.5, 0.6) is 0 Å². The van der Waals surface area contributed by atoms with Crippen LogP contribution in [0.15, 0.2) is 23.0 Å². The van der Waals surface area contributed by atoms with Crippen LogP contribution in [-0.4, -0.2) is 38.2 Å². The predicted molar refractivity (Wildman–Crippen MR) is 101 cm³/mol. The van der Waals surface area contributed by atoms with E-state index in [0.29, 0.717) is 25.3 Å². The number of amides is 1. The third kappa shape index (κ3) is 2.91. The molecule has 0 spiro atoms. The van der Waals surface area contributed by atoms with Crippen LogP contribution in [0.1, 0.15) is 64.0 Å². The normalized spacial score (nSPS) is 24.2. The second-order valence-corrected chi connectivity index (χ2v) is 8.89. The number of nitrogens with zero attached hydrogens (tertiary/aromatic N) is 2. The van der Waals surface area contributed by atoms with Gasteiger partial charge < -0.3 is 15.0 Å². The molecule has 6 heteroatoms. The fourth-order valence-electron chi connectivity index (χ4n) is 4.40. The van der Waals surface area contributed by atoms with E-state index in [9.17, 15) is 14.7 Å². The van der Waals surface area contributed by atoms with Gasteiger partial charge in [0.25, 0.3) is 0 Å². The Labute approximate surface area is 152 Å². The zero-order valence-electron chi connectivity index (χ0n) is 15.7. The summed E-state index contributed by atoms with van der Waals surface area (Å²) in [5.41, 5.74) is 2.87. The lowest BCUT2D eigenvalue weighted by atomic mass is 9.79. The molecule has 26 heavy (non-hydrogen) atoms. The maximum absolute atomic E-state index is 12.7. The van der Waals surface area contributed by atoms with E-state index in [1.165, 1.54) is 18.4 Å². The average molecular weight is 357 g/mol. The van der Waals surface area contributed by atoms with Crippen LogP contribution in [0.4, 0.5) is 4.79 Å². The number of aromatic nitrogens is 2. The number of likely N-dealkylation sites (tertiary alicyclic amines) is 1. The van der Waals surface area contributed by atoms with Crippen molar-refractivity contribution in [3.05, 3.63) is 34.2 Å². The lowest BCUT2D eigenvalue weighted by Crippen LogP contribution is -2.52. The topological polar surface area (TPSA) is 78.3 Å². The minimum atomic E-state index is -0.870. The van der Waals surface area contributed by atoms with Crippen molar-refractivity contribution in [3.63, 3.8) is 0 Å². The molecule has 2 aliphatic rings. The van der Waals surface area contributed by atoms with Crippen molar-refractivity contribution in [2.75, 3.05) is 6.54 Å². The zero-order valence-corrected chi connectivity index (χ0v) is 15.7. The van der Waals surface area contributed by atoms with Crippen LogP contribution < -0.4 is 5.69 Å². The quantitative estimate of drug-likeness (QED) is 0.854. The molecule has 2 unspecified atom stereocenters. The molecular weight excluding hydrogens is 330 g/mol. The van der Waals surface area contributed by atoms with E-state index in [1.807, 2.05) is 10.6 Å². The second-order valence-electron chi connectivity index (χ2n) is 8.89. The highest BCUT2D eigenvalue weighted by atomic mass is 16.4. The number of benzene rings is 1. The van der Waals surface area contributed by atoms with Crippen LogP contribution in [0.25, 0.3) is 11.0 Å². The Balaban J connectivity index is 1.73. The van der Waals surface area contributed by atoms with Crippen molar-refractivity contribution in [2.24, 2.45) is 5.41 Å². The largest absolute Gasteiger partial charge is 0.465 e. The molecule has 2 N–H and O–H groups in total. The van der Waals surface area contributed by atoms with Gasteiger partial charge in [0.1, 0.15) is 0 Å². The van der Waals surface area contributed by atoms with Gasteiger partial charge in [-0.05, 0) is 54.7 Å². The van der Waals surface area contributed by atoms with Gasteiger partial charge in [-0.3, -0.25) is 4.57 Å². The van der Waals surface area contributed by atoms with E-state index in [4.69, 9.17) is 0 Å². The van der Waals surface area contributed by atoms with Crippen LogP contribution in [0, 0.1) is 5.41 Å². The van der Waals surface area contributed by atoms with Gasteiger partial charge in [-0.2, -0.15) is 0 Å². The van der Waals surface area contributed by atoms with Gasteiger partial charge in [-0.25, -0.2) is 9.59 Å². The van der Waals surface area contributed by atoms with Crippen LogP contribution >= 0.6 is 0 Å². The molecule has 4 rings (SSSR count). The summed E-state index contributed by atoms with van der Waals surface area (Å²) in [6, 6.07) is 6.19. The minimum Gasteiger partial charge on any atom is -0.465 e. The lowest BCUT2D eigenvalue weighted by Gasteiger charge is -2.44. The molecule has 2 atom stereocenters. The van der Waals surface area contributed by atoms with Gasteiger partial charge >= 0.3 is 11.8 Å². The van der Waals surface area contributed by atoms with Gasteiger partial charge in [0.2, 0.25) is 0 Å². The number of carbonyl (C=O) groups is 1. The van der Waals surface area contributed by atoms with Gasteiger partial charge in [0.05, 0.1) is 11.0 Å². The number of rotatable bonds is 2. The van der Waals surface area contributed by atoms with E-state index in [0.717, 1.165) is 11.0 Å². The van der Waals surface area contributed by atoms with E-state index in [-0.39, 0.29) is 23.2 Å². The summed E-state index contributed by atoms with van der Waals surface area (Å²) in [6.07, 6.45) is 2.91. The fraction of sp³-hybridized carbons (Fsp3) is 0.600. The number of fused-ring (bicyclic) bond motifs is 1. The molecule has 0 bridgehead atoms. The SMILES string of the molecule is CC(C)(C)C1CC(n2c(=O)[nH]c3ccc(C4CC4)cc32)CCN1C(=O)O. The Bertz CT molecular complexity index is 901. The van der Waals surface area contributed by atoms with Crippen LogP contribution in [0.3, 0.4) is 0 Å². The molecule has 1 aromatic heterocycles. The van der Waals surface area contributed by atoms with E-state index < -0.39 is 6.09 Å². The van der Waals surface area contributed by atoms with Crippen molar-refractivity contribution in [3.8, 4) is 0 Å². The molecule has 1 saturated carbocycles. The number of H-pyrrole nitrogens is 1. The van der Waals surface area contributed by atoms with Gasteiger partial charge in [0.15, 0.2) is 0 Å². The molecule has 0 radical (unpaired) electrons. The maximum Gasteiger partial charge on any atom is 0.407 e. The Morgan fingerprint density at radius 2 is 1.96 bits per heavy atom. The maximum atomic E-state index is 12.7. The predicted octanol–water partition coefficient (Wildman–Crippen LogP) is 3.94. The average Bonchev–Trinajstić information content (AvgIpc) is 3.35. The summed E-state index contributed by atoms with van der Waals surface area (Å²) < 4.78 is 1.87. The minimum absolute atomic E-state index is 0.0190. The molecule has 6 nitrogen and oxygen atoms in total. The number of piperidine rings is 1. The Morgan fingerprint density at radius 1 is 1.23 bits per heavy atom. The molecule has 140 valence electrons. The lowest BCUT2D eigenvalue weighted by molar-refractivity contribution is 0.0430. The summed E-state index contributed by atoms with van der Waals surface area (Å²) in [5, 5.41) is 9.57. The number of hydrogen-bond donors (Lipinski definition) is 2. The summed E-state index contributed by atoms with van der Waals surface area (Å²) in [6.45, 7) is 6.67. The Hall–Kier alpha value is -2.24. The zero-order chi connectivity index (χ0) is 18.6. The highest BCUT2D eigenvalue weighted by molar-refractivity contribution is 5.76. The van der Waals surface area contributed by atoms with E-state index >= 15 is 0 Å². The first-order chi connectivity index (χ1) is 12.3. The molecule has 1 aromatic carbocycles. The smallest absolute Gasteiger partial charge is 0.407 e. The first kappa shape index (κ1) is 17.2. The summed E-state index contributed by atoms with van der Waals surface area (Å²) in [5.74, 6) is 0.633. The van der Waals surface area contributed by atoms with Gasteiger partial charge in [-0.1, -0.05) is 26.8 Å². The number of carboxylic acid groups (broad SMARTS) is 1. The molecule has 2 aromatic rings. The first-order valence-corrected chi connectivity index (χ1v) is 9.49. The highest BCUT2D eigenvalue weighted by Crippen LogP contribution is 2.41. The van der Waals surface area contributed by atoms with Crippen molar-refractivity contribution in [2.45, 2.75) is 64.5 Å². The number of imidazole rings is 1. The van der Waals surface area contributed by atoms with Crippen LogP contribution in [0.2, 0.25) is 0 Å². The number of aromatic amines is 1. The molecule has 2 heterocycles. The third-order valence-corrected chi connectivity index (χ3v) is 5.98. The van der Waals surface area contributed by atoms with E-state index in [2.05, 4.69) is 37.9 Å². The fourth-order valence-corrected chi connectivity index (χ4v) is 4.40. The Kier molecular flexibility index (Phi) is 3.90. The standard InChI is InChI=1S/C20H27N3O3/c1-20(2,3)17-11-14(8-9-22(17)19(25)26)23-16-10-13(12-4-5-12)6-7-15(16)21-18(23)24/h6-7,10,12,14,17H,4-5,8-9,11H2,1-3H3,(H,21,24)(H,25,26). The summed E-state index contributed by atoms with van der Waals surface area (Å²) >= 11 is 0. The summed E-state index contributed by atoms with van der Waals surface area (Å²) in [4.78, 5) is 28.9. The molecule has 2 fully saturated rings. The number of hydrogen-bond acceptors (Lipinski definition) is 2. The molecular formula is C20H27N3O3. The monoisotopic (exact) mass is 357 g/mol. The molecule has 1 saturated heterocycles. The van der Waals surface area contributed by atoms with Crippen molar-refractivity contribution < 1.29 is 9.90 Å². The second kappa shape index (κ2) is 5.89. The van der Waals surface area contributed by atoms with Crippen LogP contribution in [-0.2, 0) is 0 Å². The van der Waals surface area contributed by atoms with Gasteiger partial charge in [0, 0.05) is 18.6 Å². The van der Waals surface area contributed by atoms with Crippen molar-refractivity contribution >= 4 is 17.1 Å². The molecule has 1 aliphatic heterocycles. The van der Waals surface area contributed by atoms with Crippen molar-refractivity contribution in [1.82, 2.24) is 14.5 Å². The van der Waals surface area contributed by atoms with Gasteiger partial charge in [-0.15, -0.1) is 0 Å². The van der Waals surface area contributed by atoms with Crippen molar-refractivity contribution in [1.29, 1.82) is 0 Å². The molecule has 1 amide bonds. The molecule has 1 aliphatic carbocycles. The number of nitrogens with one attached hydrogen (secondary N) is 1. The first-order valence-electron chi connectivity index (χ1n) is 9.49. The van der Waals surface area contributed by atoms with E-state index in [1.54, 1.807) is 4.90 Å². The highest BCUT2D eigenvalue weighted by Gasteiger charge is 2.40. The Morgan fingerprint density at radius 3 is 2.58 bits per heavy atom.